The number of rotatable bonds is 1. The van der Waals surface area contributed by atoms with Gasteiger partial charge in [0.15, 0.2) is 5.78 Å². The van der Waals surface area contributed by atoms with Crippen LogP contribution in [0.1, 0.15) is 12.8 Å². The molecule has 2 aliphatic carbocycles. The van der Waals surface area contributed by atoms with Crippen LogP contribution >= 0.6 is 0 Å². The lowest BCUT2D eigenvalue weighted by Gasteiger charge is -2.57. The summed E-state index contributed by atoms with van der Waals surface area (Å²) >= 11 is 0. The van der Waals surface area contributed by atoms with Crippen LogP contribution in [0.25, 0.3) is 0 Å². The van der Waals surface area contributed by atoms with E-state index in [0.717, 1.165) is 0 Å². The number of Topliss-reactive ketones (excluding diaryl/α,β-unsaturated/α-hetero) is 1. The highest BCUT2D eigenvalue weighted by atomic mass is 16.4. The van der Waals surface area contributed by atoms with Crippen LogP contribution in [-0.2, 0) is 9.59 Å². The number of carbonyl (C=O) groups is 2. The largest absolute Gasteiger partial charge is 0.481 e. The van der Waals surface area contributed by atoms with Crippen molar-refractivity contribution in [2.24, 2.45) is 17.1 Å². The van der Waals surface area contributed by atoms with Crippen LogP contribution in [0.4, 0.5) is 0 Å². The molecule has 0 radical (unpaired) electrons. The molecule has 2 saturated carbocycles. The first-order valence-electron chi connectivity index (χ1n) is 3.63. The van der Waals surface area contributed by atoms with E-state index < -0.39 is 17.4 Å². The van der Waals surface area contributed by atoms with Gasteiger partial charge in [-0.2, -0.15) is 0 Å². The van der Waals surface area contributed by atoms with Crippen molar-refractivity contribution in [3.8, 4) is 0 Å². The second-order valence-electron chi connectivity index (χ2n) is 3.32. The molecule has 0 aromatic heterocycles. The lowest BCUT2D eigenvalue weighted by molar-refractivity contribution is -0.187. The lowest BCUT2D eigenvalue weighted by atomic mass is 9.44. The minimum atomic E-state index is -0.902. The fourth-order valence-corrected chi connectivity index (χ4v) is 2.13. The molecule has 4 nitrogen and oxygen atoms in total. The molecule has 3 N–H and O–H groups in total. The van der Waals surface area contributed by atoms with Crippen LogP contribution < -0.4 is 5.73 Å². The molecule has 0 aliphatic heterocycles. The number of nitrogens with two attached hydrogens (primary N) is 1. The summed E-state index contributed by atoms with van der Waals surface area (Å²) in [5, 5.41) is 8.77. The van der Waals surface area contributed by atoms with Gasteiger partial charge in [0.1, 0.15) is 0 Å². The van der Waals surface area contributed by atoms with Crippen molar-refractivity contribution in [1.82, 2.24) is 0 Å². The quantitative estimate of drug-likeness (QED) is 0.528. The predicted molar refractivity (Wildman–Crippen MR) is 35.8 cm³/mol. The Balaban J connectivity index is 2.29. The molecule has 2 rings (SSSR count). The SMILES string of the molecule is NC1C(=O)C2CCC12C(=O)O. The molecule has 2 aliphatic rings. The molecule has 3 unspecified atom stereocenters. The monoisotopic (exact) mass is 155 g/mol. The Labute approximate surface area is 63.4 Å². The molecule has 0 heterocycles. The zero-order valence-electron chi connectivity index (χ0n) is 5.91. The summed E-state index contributed by atoms with van der Waals surface area (Å²) in [6.07, 6.45) is 1.28. The summed E-state index contributed by atoms with van der Waals surface area (Å²) < 4.78 is 0. The summed E-state index contributed by atoms with van der Waals surface area (Å²) in [6, 6.07) is -0.737. The molecule has 0 spiro atoms. The minimum absolute atomic E-state index is 0.0707. The van der Waals surface area contributed by atoms with Gasteiger partial charge < -0.3 is 10.8 Å². The molecule has 2 fully saturated rings. The molecule has 0 aromatic rings. The van der Waals surface area contributed by atoms with Crippen molar-refractivity contribution in [3.63, 3.8) is 0 Å². The maximum absolute atomic E-state index is 10.9. The van der Waals surface area contributed by atoms with Crippen molar-refractivity contribution in [2.75, 3.05) is 0 Å². The minimum Gasteiger partial charge on any atom is -0.481 e. The van der Waals surface area contributed by atoms with E-state index in [1.165, 1.54) is 0 Å². The first kappa shape index (κ1) is 6.79. The van der Waals surface area contributed by atoms with E-state index in [9.17, 15) is 9.59 Å². The average Bonchev–Trinajstić information content (AvgIpc) is 1.85. The predicted octanol–water partition coefficient (Wildman–Crippen LogP) is -0.623. The van der Waals surface area contributed by atoms with Crippen molar-refractivity contribution in [3.05, 3.63) is 0 Å². The number of aliphatic carboxylic acids is 1. The first-order valence-corrected chi connectivity index (χ1v) is 3.63. The number of ketones is 1. The smallest absolute Gasteiger partial charge is 0.312 e. The fourth-order valence-electron chi connectivity index (χ4n) is 2.13. The number of carboxylic acid groups (broad SMARTS) is 1. The number of carbonyl (C=O) groups excluding carboxylic acids is 1. The van der Waals surface area contributed by atoms with Crippen LogP contribution in [0, 0.1) is 11.3 Å². The van der Waals surface area contributed by atoms with Gasteiger partial charge in [-0.15, -0.1) is 0 Å². The third kappa shape index (κ3) is 0.474. The highest BCUT2D eigenvalue weighted by Crippen LogP contribution is 2.57. The van der Waals surface area contributed by atoms with E-state index in [-0.39, 0.29) is 11.7 Å². The maximum atomic E-state index is 10.9. The van der Waals surface area contributed by atoms with Gasteiger partial charge in [0.05, 0.1) is 11.5 Å². The van der Waals surface area contributed by atoms with Crippen LogP contribution in [-0.4, -0.2) is 22.9 Å². The average molecular weight is 155 g/mol. The third-order valence-electron chi connectivity index (χ3n) is 3.07. The van der Waals surface area contributed by atoms with Crippen molar-refractivity contribution >= 4 is 11.8 Å². The number of fused-ring (bicyclic) bond motifs is 1. The van der Waals surface area contributed by atoms with Gasteiger partial charge in [-0.25, -0.2) is 0 Å². The molecule has 0 saturated heterocycles. The van der Waals surface area contributed by atoms with Crippen molar-refractivity contribution in [2.45, 2.75) is 18.9 Å². The van der Waals surface area contributed by atoms with Gasteiger partial charge in [-0.1, -0.05) is 0 Å². The number of hydrogen-bond donors (Lipinski definition) is 2. The van der Waals surface area contributed by atoms with E-state index >= 15 is 0 Å². The lowest BCUT2D eigenvalue weighted by Crippen LogP contribution is -2.74. The Morgan fingerprint density at radius 2 is 2.36 bits per heavy atom. The van der Waals surface area contributed by atoms with Gasteiger partial charge in [-0.3, -0.25) is 9.59 Å². The Morgan fingerprint density at radius 3 is 2.55 bits per heavy atom. The highest BCUT2D eigenvalue weighted by molar-refractivity contribution is 6.05. The second-order valence-corrected chi connectivity index (χ2v) is 3.32. The third-order valence-corrected chi connectivity index (χ3v) is 3.07. The number of carboxylic acids is 1. The molecule has 3 atom stereocenters. The Bertz CT molecular complexity index is 240. The van der Waals surface area contributed by atoms with E-state index in [1.54, 1.807) is 0 Å². The zero-order valence-corrected chi connectivity index (χ0v) is 5.91. The van der Waals surface area contributed by atoms with Crippen LogP contribution in [0.2, 0.25) is 0 Å². The summed E-state index contributed by atoms with van der Waals surface area (Å²) in [6.45, 7) is 0. The molecule has 4 heteroatoms. The van der Waals surface area contributed by atoms with Gasteiger partial charge in [0.2, 0.25) is 0 Å². The van der Waals surface area contributed by atoms with E-state index in [1.807, 2.05) is 0 Å². The van der Waals surface area contributed by atoms with Gasteiger partial charge in [-0.05, 0) is 12.8 Å². The van der Waals surface area contributed by atoms with Gasteiger partial charge in [0, 0.05) is 5.92 Å². The van der Waals surface area contributed by atoms with Crippen LogP contribution in [0.5, 0.6) is 0 Å². The van der Waals surface area contributed by atoms with Crippen molar-refractivity contribution < 1.29 is 14.7 Å². The molecule has 0 aromatic carbocycles. The van der Waals surface area contributed by atoms with Crippen LogP contribution in [0.3, 0.4) is 0 Å². The Morgan fingerprint density at radius 1 is 1.73 bits per heavy atom. The topological polar surface area (TPSA) is 80.4 Å². The molecule has 11 heavy (non-hydrogen) atoms. The summed E-state index contributed by atoms with van der Waals surface area (Å²) in [4.78, 5) is 21.6. The molecular formula is C7H9NO3. The van der Waals surface area contributed by atoms with Crippen molar-refractivity contribution in [1.29, 1.82) is 0 Å². The second kappa shape index (κ2) is 1.64. The highest BCUT2D eigenvalue weighted by Gasteiger charge is 2.70. The summed E-state index contributed by atoms with van der Waals surface area (Å²) in [5.41, 5.74) is 4.55. The van der Waals surface area contributed by atoms with E-state index in [4.69, 9.17) is 10.8 Å². The molecule has 0 amide bonds. The van der Waals surface area contributed by atoms with Gasteiger partial charge >= 0.3 is 5.97 Å². The Kier molecular flexibility index (Phi) is 1.01. The first-order chi connectivity index (χ1) is 5.10. The van der Waals surface area contributed by atoms with E-state index in [2.05, 4.69) is 0 Å². The number of hydrogen-bond acceptors (Lipinski definition) is 3. The normalized spacial score (nSPS) is 47.2. The van der Waals surface area contributed by atoms with Gasteiger partial charge in [0.25, 0.3) is 0 Å². The summed E-state index contributed by atoms with van der Waals surface area (Å²) in [7, 11) is 0. The molecule has 60 valence electrons. The zero-order chi connectivity index (χ0) is 8.22. The molecule has 0 bridgehead atoms. The summed E-state index contributed by atoms with van der Waals surface area (Å²) in [5.74, 6) is -1.24. The van der Waals surface area contributed by atoms with E-state index in [0.29, 0.717) is 12.8 Å². The fraction of sp³-hybridized carbons (Fsp3) is 0.714. The maximum Gasteiger partial charge on any atom is 0.312 e. The molecular weight excluding hydrogens is 146 g/mol. The van der Waals surface area contributed by atoms with Crippen LogP contribution in [0.15, 0.2) is 0 Å². The standard InChI is InChI=1S/C7H9NO3/c8-5-4(9)3-1-2-7(3,5)6(10)11/h3,5H,1-2,8H2,(H,10,11). The Hall–Kier alpha value is -0.900.